The van der Waals surface area contributed by atoms with Crippen LogP contribution in [0.5, 0.6) is 5.75 Å². The Hall–Kier alpha value is -3.29. The van der Waals surface area contributed by atoms with Crippen LogP contribution < -0.4 is 10.1 Å². The van der Waals surface area contributed by atoms with E-state index < -0.39 is 11.7 Å². The molecule has 0 fully saturated rings. The van der Waals surface area contributed by atoms with E-state index in [9.17, 15) is 18.0 Å². The van der Waals surface area contributed by atoms with Crippen molar-refractivity contribution in [2.75, 3.05) is 5.32 Å². The molecule has 1 heterocycles. The first-order valence-electron chi connectivity index (χ1n) is 9.05. The number of hydrogen-bond acceptors (Lipinski definition) is 3. The summed E-state index contributed by atoms with van der Waals surface area (Å²) in [6, 6.07) is 11.7. The van der Waals surface area contributed by atoms with E-state index in [1.54, 1.807) is 42.9 Å². The number of amides is 1. The number of carbonyl (C=O) groups excluding carboxylic acids is 1. The maximum absolute atomic E-state index is 12.7. The summed E-state index contributed by atoms with van der Waals surface area (Å²) in [5, 5.41) is 2.80. The van der Waals surface area contributed by atoms with Gasteiger partial charge in [0.05, 0.1) is 11.9 Å². The van der Waals surface area contributed by atoms with E-state index in [4.69, 9.17) is 4.74 Å². The highest BCUT2D eigenvalue weighted by Crippen LogP contribution is 2.29. The largest absolute Gasteiger partial charge is 0.489 e. The van der Waals surface area contributed by atoms with Crippen LogP contribution in [-0.4, -0.2) is 15.5 Å². The summed E-state index contributed by atoms with van der Waals surface area (Å²) in [4.78, 5) is 15.9. The molecule has 3 aromatic rings. The Balaban J connectivity index is 1.45. The van der Waals surface area contributed by atoms with Gasteiger partial charge >= 0.3 is 6.18 Å². The number of benzene rings is 2. The first-order chi connectivity index (χ1) is 13.9. The number of ether oxygens (including phenoxy) is 1. The summed E-state index contributed by atoms with van der Waals surface area (Å²) in [5.41, 5.74) is 0.351. The molecule has 1 N–H and O–H groups in total. The van der Waals surface area contributed by atoms with Gasteiger partial charge in [-0.25, -0.2) is 4.98 Å². The molecule has 0 saturated carbocycles. The number of imidazole rings is 1. The number of rotatable bonds is 8. The molecular weight excluding hydrogens is 383 g/mol. The molecule has 0 radical (unpaired) electrons. The molecule has 0 bridgehead atoms. The van der Waals surface area contributed by atoms with E-state index in [-0.39, 0.29) is 12.5 Å². The van der Waals surface area contributed by atoms with Crippen LogP contribution in [0.2, 0.25) is 0 Å². The SMILES string of the molecule is O=C(CCCn1ccnc1)Nc1ccc(OCc2cccc(C(F)(F)F)c2)cc1. The zero-order valence-electron chi connectivity index (χ0n) is 15.5. The van der Waals surface area contributed by atoms with Crippen molar-refractivity contribution in [3.63, 3.8) is 0 Å². The van der Waals surface area contributed by atoms with Gasteiger partial charge in [0.25, 0.3) is 0 Å². The number of nitrogens with zero attached hydrogens (tertiary/aromatic N) is 2. The van der Waals surface area contributed by atoms with E-state index in [1.165, 1.54) is 6.07 Å². The van der Waals surface area contributed by atoms with Crippen molar-refractivity contribution >= 4 is 11.6 Å². The Morgan fingerprint density at radius 1 is 1.14 bits per heavy atom. The first kappa shape index (κ1) is 20.4. The zero-order chi connectivity index (χ0) is 20.7. The highest BCUT2D eigenvalue weighted by molar-refractivity contribution is 5.90. The molecule has 29 heavy (non-hydrogen) atoms. The lowest BCUT2D eigenvalue weighted by molar-refractivity contribution is -0.137. The zero-order valence-corrected chi connectivity index (χ0v) is 15.5. The Labute approximate surface area is 166 Å². The minimum Gasteiger partial charge on any atom is -0.489 e. The van der Waals surface area contributed by atoms with Crippen molar-refractivity contribution in [3.8, 4) is 5.75 Å². The lowest BCUT2D eigenvalue weighted by atomic mass is 10.1. The number of carbonyl (C=O) groups is 1. The molecule has 8 heteroatoms. The van der Waals surface area contributed by atoms with Gasteiger partial charge in [-0.2, -0.15) is 13.2 Å². The van der Waals surface area contributed by atoms with Crippen molar-refractivity contribution < 1.29 is 22.7 Å². The van der Waals surface area contributed by atoms with Crippen molar-refractivity contribution in [3.05, 3.63) is 78.4 Å². The summed E-state index contributed by atoms with van der Waals surface area (Å²) in [6.45, 7) is 0.736. The first-order valence-corrected chi connectivity index (χ1v) is 9.05. The van der Waals surface area contributed by atoms with Gasteiger partial charge in [0.15, 0.2) is 0 Å². The van der Waals surface area contributed by atoms with Gasteiger partial charge in [-0.1, -0.05) is 12.1 Å². The summed E-state index contributed by atoms with van der Waals surface area (Å²) >= 11 is 0. The highest BCUT2D eigenvalue weighted by atomic mass is 19.4. The van der Waals surface area contributed by atoms with Crippen LogP contribution in [0.3, 0.4) is 0 Å². The fourth-order valence-corrected chi connectivity index (χ4v) is 2.70. The fourth-order valence-electron chi connectivity index (χ4n) is 2.70. The molecule has 0 spiro atoms. The maximum Gasteiger partial charge on any atom is 0.416 e. The number of anilines is 1. The molecule has 1 aromatic heterocycles. The van der Waals surface area contributed by atoms with E-state index in [0.717, 1.165) is 18.7 Å². The maximum atomic E-state index is 12.7. The minimum absolute atomic E-state index is 0.0177. The summed E-state index contributed by atoms with van der Waals surface area (Å²) in [6.07, 6.45) is 1.93. The molecule has 0 aliphatic rings. The third-order valence-electron chi connectivity index (χ3n) is 4.18. The van der Waals surface area contributed by atoms with Crippen molar-refractivity contribution in [2.45, 2.75) is 32.2 Å². The molecule has 152 valence electrons. The lowest BCUT2D eigenvalue weighted by Crippen LogP contribution is -2.12. The third-order valence-corrected chi connectivity index (χ3v) is 4.18. The lowest BCUT2D eigenvalue weighted by Gasteiger charge is -2.11. The molecule has 1 amide bonds. The predicted molar refractivity (Wildman–Crippen MR) is 102 cm³/mol. The minimum atomic E-state index is -4.38. The molecule has 5 nitrogen and oxygen atoms in total. The van der Waals surface area contributed by atoms with E-state index in [2.05, 4.69) is 10.3 Å². The smallest absolute Gasteiger partial charge is 0.416 e. The van der Waals surface area contributed by atoms with Gasteiger partial charge in [-0.05, 0) is 48.4 Å². The molecule has 3 rings (SSSR count). The van der Waals surface area contributed by atoms with E-state index in [1.807, 2.05) is 10.8 Å². The standard InChI is InChI=1S/C21H20F3N3O2/c22-21(23,24)17-4-1-3-16(13-17)14-29-19-8-6-18(7-9-19)26-20(28)5-2-11-27-12-10-25-15-27/h1,3-4,6-10,12-13,15H,2,5,11,14H2,(H,26,28). The van der Waals surface area contributed by atoms with E-state index >= 15 is 0 Å². The average Bonchev–Trinajstić information content (AvgIpc) is 3.20. The van der Waals surface area contributed by atoms with Crippen molar-refractivity contribution in [1.29, 1.82) is 0 Å². The molecular formula is C21H20F3N3O2. The van der Waals surface area contributed by atoms with Gasteiger partial charge in [-0.15, -0.1) is 0 Å². The number of nitrogens with one attached hydrogen (secondary N) is 1. The second kappa shape index (κ2) is 9.27. The number of aryl methyl sites for hydroxylation is 1. The molecule has 0 unspecified atom stereocenters. The normalized spacial score (nSPS) is 11.3. The molecule has 0 aliphatic carbocycles. The van der Waals surface area contributed by atoms with Gasteiger partial charge in [0.2, 0.25) is 5.91 Å². The monoisotopic (exact) mass is 403 g/mol. The molecule has 0 atom stereocenters. The molecule has 0 aliphatic heterocycles. The molecule has 0 saturated heterocycles. The summed E-state index contributed by atoms with van der Waals surface area (Å²) in [7, 11) is 0. The second-order valence-corrected chi connectivity index (χ2v) is 6.46. The topological polar surface area (TPSA) is 56.2 Å². The van der Waals surface area contributed by atoms with Crippen molar-refractivity contribution in [2.24, 2.45) is 0 Å². The Morgan fingerprint density at radius 3 is 2.62 bits per heavy atom. The van der Waals surface area contributed by atoms with Gasteiger partial charge in [0.1, 0.15) is 12.4 Å². The van der Waals surface area contributed by atoms with Crippen LogP contribution in [-0.2, 0) is 24.1 Å². The number of halogens is 3. The Morgan fingerprint density at radius 2 is 1.93 bits per heavy atom. The van der Waals surface area contributed by atoms with Gasteiger partial charge < -0.3 is 14.6 Å². The van der Waals surface area contributed by atoms with Gasteiger partial charge in [-0.3, -0.25) is 4.79 Å². The Kier molecular flexibility index (Phi) is 6.54. The van der Waals surface area contributed by atoms with Crippen LogP contribution in [0.25, 0.3) is 0 Å². The van der Waals surface area contributed by atoms with Gasteiger partial charge in [0, 0.05) is 31.0 Å². The quantitative estimate of drug-likeness (QED) is 0.582. The third kappa shape index (κ3) is 6.38. The van der Waals surface area contributed by atoms with Crippen molar-refractivity contribution in [1.82, 2.24) is 9.55 Å². The van der Waals surface area contributed by atoms with Crippen LogP contribution in [0.15, 0.2) is 67.3 Å². The fraction of sp³-hybridized carbons (Fsp3) is 0.238. The molecule has 2 aromatic carbocycles. The highest BCUT2D eigenvalue weighted by Gasteiger charge is 2.30. The number of alkyl halides is 3. The van der Waals surface area contributed by atoms with Crippen LogP contribution >= 0.6 is 0 Å². The predicted octanol–water partition coefficient (Wildman–Crippen LogP) is 4.90. The number of hydrogen-bond donors (Lipinski definition) is 1. The summed E-state index contributed by atoms with van der Waals surface area (Å²) in [5.74, 6) is 0.406. The van der Waals surface area contributed by atoms with Crippen LogP contribution in [0, 0.1) is 0 Å². The summed E-state index contributed by atoms with van der Waals surface area (Å²) < 4.78 is 45.7. The van der Waals surface area contributed by atoms with Crippen LogP contribution in [0.4, 0.5) is 18.9 Å². The average molecular weight is 403 g/mol. The Bertz CT molecular complexity index is 923. The van der Waals surface area contributed by atoms with Crippen LogP contribution in [0.1, 0.15) is 24.0 Å². The second-order valence-electron chi connectivity index (χ2n) is 6.46. The number of aromatic nitrogens is 2. The van der Waals surface area contributed by atoms with E-state index in [0.29, 0.717) is 29.8 Å².